The van der Waals surface area contributed by atoms with E-state index in [9.17, 15) is 0 Å². The Balaban J connectivity index is 1.68. The molecule has 0 spiro atoms. The Morgan fingerprint density at radius 3 is 3.00 bits per heavy atom. The van der Waals surface area contributed by atoms with Crippen LogP contribution < -0.4 is 5.73 Å². The Hall–Kier alpha value is -1.38. The molecule has 0 bridgehead atoms. The molecule has 1 aliphatic heterocycles. The Kier molecular flexibility index (Phi) is 3.31. The molecule has 1 aliphatic rings. The van der Waals surface area contributed by atoms with Crippen LogP contribution in [0.15, 0.2) is 10.7 Å². The molecule has 2 aromatic rings. The van der Waals surface area contributed by atoms with Crippen LogP contribution in [0.2, 0.25) is 0 Å². The summed E-state index contributed by atoms with van der Waals surface area (Å²) in [6.45, 7) is 2.99. The zero-order chi connectivity index (χ0) is 12.4. The third-order valence-corrected chi connectivity index (χ3v) is 3.65. The number of rotatable bonds is 4. The Bertz CT molecular complexity index is 492. The molecule has 1 fully saturated rings. The zero-order valence-corrected chi connectivity index (χ0v) is 10.6. The topological polar surface area (TPSA) is 94.0 Å². The van der Waals surface area contributed by atoms with E-state index in [0.717, 1.165) is 24.5 Å². The van der Waals surface area contributed by atoms with Gasteiger partial charge in [-0.25, -0.2) is 0 Å². The molecule has 0 aliphatic carbocycles. The summed E-state index contributed by atoms with van der Waals surface area (Å²) in [6.07, 6.45) is 4.10. The van der Waals surface area contributed by atoms with Gasteiger partial charge in [-0.05, 0) is 37.5 Å². The summed E-state index contributed by atoms with van der Waals surface area (Å²) in [5, 5.41) is 7.66. The number of likely N-dealkylation sites (tertiary alicyclic amines) is 1. The van der Waals surface area contributed by atoms with E-state index in [0.29, 0.717) is 11.7 Å². The molecule has 7 nitrogen and oxygen atoms in total. The molecule has 3 rings (SSSR count). The van der Waals surface area contributed by atoms with Crippen molar-refractivity contribution in [3.63, 3.8) is 0 Å². The zero-order valence-electron chi connectivity index (χ0n) is 9.82. The van der Waals surface area contributed by atoms with Crippen LogP contribution in [0.25, 0.3) is 10.8 Å². The molecule has 0 aromatic carbocycles. The van der Waals surface area contributed by atoms with Gasteiger partial charge in [0.05, 0.1) is 12.2 Å². The van der Waals surface area contributed by atoms with E-state index in [2.05, 4.69) is 24.6 Å². The van der Waals surface area contributed by atoms with E-state index >= 15 is 0 Å². The predicted molar refractivity (Wildman–Crippen MR) is 65.8 cm³/mol. The van der Waals surface area contributed by atoms with Gasteiger partial charge in [0.15, 0.2) is 5.82 Å². The van der Waals surface area contributed by atoms with Crippen LogP contribution in [-0.4, -0.2) is 44.3 Å². The molecule has 0 saturated carbocycles. The Morgan fingerprint density at radius 2 is 2.28 bits per heavy atom. The first-order valence-electron chi connectivity index (χ1n) is 5.92. The third-order valence-electron chi connectivity index (χ3n) is 3.00. The van der Waals surface area contributed by atoms with Gasteiger partial charge in [-0.2, -0.15) is 4.98 Å². The van der Waals surface area contributed by atoms with E-state index in [4.69, 9.17) is 10.3 Å². The summed E-state index contributed by atoms with van der Waals surface area (Å²) < 4.78 is 8.93. The lowest BCUT2D eigenvalue weighted by atomic mass is 10.3. The third kappa shape index (κ3) is 2.40. The van der Waals surface area contributed by atoms with Crippen molar-refractivity contribution in [3.05, 3.63) is 12.0 Å². The van der Waals surface area contributed by atoms with E-state index in [1.54, 1.807) is 6.20 Å². The summed E-state index contributed by atoms with van der Waals surface area (Å²) in [5.74, 6) is 0.988. The molecular weight excluding hydrogens is 252 g/mol. The van der Waals surface area contributed by atoms with E-state index < -0.39 is 0 Å². The average molecular weight is 266 g/mol. The first-order valence-corrected chi connectivity index (χ1v) is 6.69. The first-order chi connectivity index (χ1) is 8.83. The fourth-order valence-corrected chi connectivity index (χ4v) is 2.51. The first kappa shape index (κ1) is 11.7. The highest BCUT2D eigenvalue weighted by Gasteiger charge is 2.20. The lowest BCUT2D eigenvalue weighted by Gasteiger charge is -2.17. The quantitative estimate of drug-likeness (QED) is 0.869. The van der Waals surface area contributed by atoms with Crippen molar-refractivity contribution in [2.45, 2.75) is 18.9 Å². The van der Waals surface area contributed by atoms with Crippen LogP contribution >= 0.6 is 11.5 Å². The van der Waals surface area contributed by atoms with Gasteiger partial charge in [0.2, 0.25) is 0 Å². The maximum absolute atomic E-state index is 6.09. The summed E-state index contributed by atoms with van der Waals surface area (Å²) >= 11 is 1.23. The summed E-state index contributed by atoms with van der Waals surface area (Å²) in [5.41, 5.74) is 6.09. The number of aromatic nitrogens is 4. The monoisotopic (exact) mass is 266 g/mol. The number of nitrogens with zero attached hydrogens (tertiary/aromatic N) is 5. The smallest absolute Gasteiger partial charge is 0.271 e. The largest absolute Gasteiger partial charge is 0.333 e. The average Bonchev–Trinajstić information content (AvgIpc) is 3.11. The van der Waals surface area contributed by atoms with Crippen LogP contribution in [0, 0.1) is 0 Å². The predicted octanol–water partition coefficient (Wildman–Crippen LogP) is 0.684. The number of nitrogens with two attached hydrogens (primary N) is 1. The minimum absolute atomic E-state index is 0.207. The highest BCUT2D eigenvalue weighted by molar-refractivity contribution is 7.09. The Morgan fingerprint density at radius 1 is 1.44 bits per heavy atom. The molecule has 0 radical (unpaired) electrons. The molecule has 2 aromatic heterocycles. The SMILES string of the molecule is NC(CN1CCCC1)c1noc(-c2cnns2)n1. The van der Waals surface area contributed by atoms with Crippen molar-refractivity contribution in [1.82, 2.24) is 24.6 Å². The second-order valence-corrected chi connectivity index (χ2v) is 5.14. The minimum atomic E-state index is -0.207. The Labute approximate surface area is 108 Å². The molecule has 18 heavy (non-hydrogen) atoms. The van der Waals surface area contributed by atoms with Crippen molar-refractivity contribution in [2.24, 2.45) is 5.73 Å². The highest BCUT2D eigenvalue weighted by Crippen LogP contribution is 2.21. The number of hydrogen-bond donors (Lipinski definition) is 1. The lowest BCUT2D eigenvalue weighted by Crippen LogP contribution is -2.30. The van der Waals surface area contributed by atoms with Gasteiger partial charge < -0.3 is 15.2 Å². The summed E-state index contributed by atoms with van der Waals surface area (Å²) in [6, 6.07) is -0.207. The maximum atomic E-state index is 6.09. The van der Waals surface area contributed by atoms with E-state index in [-0.39, 0.29) is 6.04 Å². The summed E-state index contributed by atoms with van der Waals surface area (Å²) in [7, 11) is 0. The molecule has 1 saturated heterocycles. The van der Waals surface area contributed by atoms with Crippen LogP contribution in [0.5, 0.6) is 0 Å². The number of hydrogen-bond acceptors (Lipinski definition) is 8. The van der Waals surface area contributed by atoms with Crippen LogP contribution in [0.4, 0.5) is 0 Å². The standard InChI is InChI=1S/C10H14N6OS/c11-7(6-16-3-1-2-4-16)9-13-10(17-14-9)8-5-12-15-18-8/h5,7H,1-4,6,11H2. The van der Waals surface area contributed by atoms with E-state index in [1.807, 2.05) is 0 Å². The highest BCUT2D eigenvalue weighted by atomic mass is 32.1. The molecule has 3 heterocycles. The van der Waals surface area contributed by atoms with E-state index in [1.165, 1.54) is 24.4 Å². The molecule has 0 amide bonds. The second kappa shape index (κ2) is 5.09. The van der Waals surface area contributed by atoms with Crippen molar-refractivity contribution in [3.8, 4) is 10.8 Å². The van der Waals surface area contributed by atoms with Crippen LogP contribution in [0.1, 0.15) is 24.7 Å². The second-order valence-electron chi connectivity index (χ2n) is 4.35. The van der Waals surface area contributed by atoms with Crippen LogP contribution in [-0.2, 0) is 0 Å². The molecule has 1 atom stereocenters. The lowest BCUT2D eigenvalue weighted by molar-refractivity contribution is 0.306. The van der Waals surface area contributed by atoms with Crippen molar-refractivity contribution < 1.29 is 4.52 Å². The van der Waals surface area contributed by atoms with Gasteiger partial charge in [0.25, 0.3) is 5.89 Å². The molecular formula is C10H14N6OS. The van der Waals surface area contributed by atoms with Gasteiger partial charge in [-0.3, -0.25) is 0 Å². The van der Waals surface area contributed by atoms with Gasteiger partial charge in [-0.1, -0.05) is 9.64 Å². The van der Waals surface area contributed by atoms with Gasteiger partial charge >= 0.3 is 0 Å². The maximum Gasteiger partial charge on any atom is 0.271 e. The molecule has 2 N–H and O–H groups in total. The normalized spacial score (nSPS) is 18.3. The molecule has 96 valence electrons. The summed E-state index contributed by atoms with van der Waals surface area (Å²) in [4.78, 5) is 7.39. The van der Waals surface area contributed by atoms with Gasteiger partial charge in [-0.15, -0.1) is 5.10 Å². The van der Waals surface area contributed by atoms with Crippen molar-refractivity contribution in [2.75, 3.05) is 19.6 Å². The fourth-order valence-electron chi connectivity index (χ4n) is 2.07. The molecule has 1 unspecified atom stereocenters. The van der Waals surface area contributed by atoms with Crippen molar-refractivity contribution >= 4 is 11.5 Å². The van der Waals surface area contributed by atoms with Gasteiger partial charge in [0, 0.05) is 6.54 Å². The minimum Gasteiger partial charge on any atom is -0.333 e. The van der Waals surface area contributed by atoms with Crippen LogP contribution in [0.3, 0.4) is 0 Å². The fraction of sp³-hybridized carbons (Fsp3) is 0.600. The van der Waals surface area contributed by atoms with Gasteiger partial charge in [0.1, 0.15) is 4.88 Å². The molecule has 8 heteroatoms. The van der Waals surface area contributed by atoms with Crippen molar-refractivity contribution in [1.29, 1.82) is 0 Å².